The fourth-order valence-corrected chi connectivity index (χ4v) is 2.17. The van der Waals surface area contributed by atoms with E-state index in [0.29, 0.717) is 24.2 Å². The molecule has 19 heavy (non-hydrogen) atoms. The van der Waals surface area contributed by atoms with Gasteiger partial charge in [0.05, 0.1) is 12.3 Å². The number of aromatic nitrogens is 1. The molecule has 1 atom stereocenters. The van der Waals surface area contributed by atoms with Crippen molar-refractivity contribution in [2.45, 2.75) is 64.7 Å². The van der Waals surface area contributed by atoms with Crippen LogP contribution in [-0.2, 0) is 4.74 Å². The minimum atomic E-state index is -0.370. The molecule has 1 aliphatic rings. The van der Waals surface area contributed by atoms with Crippen molar-refractivity contribution < 1.29 is 13.9 Å². The maximum absolute atomic E-state index is 11.9. The topological polar surface area (TPSA) is 52.3 Å². The highest BCUT2D eigenvalue weighted by atomic mass is 16.5. The summed E-state index contributed by atoms with van der Waals surface area (Å²) in [4.78, 5) is 16.5. The van der Waals surface area contributed by atoms with E-state index in [2.05, 4.69) is 18.8 Å². The number of carbonyl (C=O) groups excluding carboxylic acids is 1. The van der Waals surface area contributed by atoms with Gasteiger partial charge in [-0.2, -0.15) is 0 Å². The molecule has 2 rings (SSSR count). The molecule has 1 unspecified atom stereocenters. The van der Waals surface area contributed by atoms with Gasteiger partial charge in [0.15, 0.2) is 5.89 Å². The summed E-state index contributed by atoms with van der Waals surface area (Å²) in [5.74, 6) is 1.32. The number of nitrogens with zero attached hydrogens (tertiary/aromatic N) is 1. The minimum Gasteiger partial charge on any atom is -0.460 e. The maximum Gasteiger partial charge on any atom is 0.376 e. The average molecular weight is 265 g/mol. The molecule has 1 aliphatic carbocycles. The van der Waals surface area contributed by atoms with E-state index in [-0.39, 0.29) is 11.9 Å². The molecular weight excluding hydrogens is 242 g/mol. The Labute approximate surface area is 114 Å². The van der Waals surface area contributed by atoms with Gasteiger partial charge in [-0.15, -0.1) is 0 Å². The molecule has 1 aromatic rings. The standard InChI is InChI=1S/C15H23NO3/c1-4-6-7-10(3)14-16-12(11-8-9-11)13(19-14)15(17)18-5-2/h10-11H,4-9H2,1-3H3. The van der Waals surface area contributed by atoms with Gasteiger partial charge in [0.2, 0.25) is 5.76 Å². The summed E-state index contributed by atoms with van der Waals surface area (Å²) in [6.07, 6.45) is 5.55. The Morgan fingerprint density at radius 3 is 2.79 bits per heavy atom. The Kier molecular flexibility index (Phi) is 4.61. The van der Waals surface area contributed by atoms with Gasteiger partial charge in [-0.25, -0.2) is 9.78 Å². The van der Waals surface area contributed by atoms with Crippen LogP contribution in [0, 0.1) is 0 Å². The monoisotopic (exact) mass is 265 g/mol. The molecule has 106 valence electrons. The zero-order chi connectivity index (χ0) is 13.8. The highest BCUT2D eigenvalue weighted by molar-refractivity contribution is 5.87. The van der Waals surface area contributed by atoms with Gasteiger partial charge in [-0.05, 0) is 26.2 Å². The first-order chi connectivity index (χ1) is 9.17. The van der Waals surface area contributed by atoms with E-state index in [0.717, 1.165) is 37.8 Å². The van der Waals surface area contributed by atoms with Crippen LogP contribution in [0.2, 0.25) is 0 Å². The summed E-state index contributed by atoms with van der Waals surface area (Å²) in [5, 5.41) is 0. The number of rotatable bonds is 7. The summed E-state index contributed by atoms with van der Waals surface area (Å²) in [6.45, 7) is 6.44. The van der Waals surface area contributed by atoms with Crippen molar-refractivity contribution in [2.75, 3.05) is 6.61 Å². The van der Waals surface area contributed by atoms with Crippen molar-refractivity contribution in [3.63, 3.8) is 0 Å². The van der Waals surface area contributed by atoms with Crippen molar-refractivity contribution >= 4 is 5.97 Å². The molecule has 0 saturated heterocycles. The molecular formula is C15H23NO3. The fraction of sp³-hybridized carbons (Fsp3) is 0.733. The highest BCUT2D eigenvalue weighted by Crippen LogP contribution is 2.42. The molecule has 1 aromatic heterocycles. The predicted octanol–water partition coefficient (Wildman–Crippen LogP) is 4.02. The second-order valence-electron chi connectivity index (χ2n) is 5.30. The Morgan fingerprint density at radius 2 is 2.21 bits per heavy atom. The minimum absolute atomic E-state index is 0.264. The molecule has 0 amide bonds. The predicted molar refractivity (Wildman–Crippen MR) is 72.4 cm³/mol. The molecule has 0 aromatic carbocycles. The zero-order valence-corrected chi connectivity index (χ0v) is 12.1. The largest absolute Gasteiger partial charge is 0.460 e. The van der Waals surface area contributed by atoms with E-state index in [9.17, 15) is 4.79 Å². The Hall–Kier alpha value is -1.32. The van der Waals surface area contributed by atoms with Crippen molar-refractivity contribution in [3.05, 3.63) is 17.3 Å². The molecule has 0 bridgehead atoms. The van der Waals surface area contributed by atoms with E-state index >= 15 is 0 Å². The maximum atomic E-state index is 11.9. The van der Waals surface area contributed by atoms with Crippen molar-refractivity contribution in [1.82, 2.24) is 4.98 Å². The normalized spacial score (nSPS) is 16.4. The summed E-state index contributed by atoms with van der Waals surface area (Å²) in [6, 6.07) is 0. The lowest BCUT2D eigenvalue weighted by Gasteiger charge is -2.05. The molecule has 0 radical (unpaired) electrons. The first-order valence-corrected chi connectivity index (χ1v) is 7.35. The quantitative estimate of drug-likeness (QED) is 0.699. The van der Waals surface area contributed by atoms with Gasteiger partial charge in [0.25, 0.3) is 0 Å². The summed E-state index contributed by atoms with van der Waals surface area (Å²) < 4.78 is 10.8. The van der Waals surface area contributed by atoms with E-state index in [1.54, 1.807) is 6.92 Å². The van der Waals surface area contributed by atoms with Crippen LogP contribution in [0.25, 0.3) is 0 Å². The number of unbranched alkanes of at least 4 members (excludes halogenated alkanes) is 1. The number of hydrogen-bond acceptors (Lipinski definition) is 4. The van der Waals surface area contributed by atoms with Crippen molar-refractivity contribution in [1.29, 1.82) is 0 Å². The molecule has 4 heteroatoms. The number of hydrogen-bond donors (Lipinski definition) is 0. The SMILES string of the molecule is CCCCC(C)c1nc(C2CC2)c(C(=O)OCC)o1. The average Bonchev–Trinajstić information content (AvgIpc) is 3.15. The lowest BCUT2D eigenvalue weighted by molar-refractivity contribution is 0.0485. The van der Waals surface area contributed by atoms with E-state index < -0.39 is 0 Å². The van der Waals surface area contributed by atoms with E-state index in [4.69, 9.17) is 9.15 Å². The van der Waals surface area contributed by atoms with Gasteiger partial charge >= 0.3 is 5.97 Å². The first kappa shape index (κ1) is 14.1. The third-order valence-electron chi connectivity index (χ3n) is 3.51. The molecule has 4 nitrogen and oxygen atoms in total. The zero-order valence-electron chi connectivity index (χ0n) is 12.1. The Morgan fingerprint density at radius 1 is 1.47 bits per heavy atom. The summed E-state index contributed by atoms with van der Waals surface area (Å²) >= 11 is 0. The Balaban J connectivity index is 2.17. The van der Waals surface area contributed by atoms with Gasteiger partial charge in [-0.3, -0.25) is 0 Å². The van der Waals surface area contributed by atoms with Gasteiger partial charge in [0, 0.05) is 11.8 Å². The van der Waals surface area contributed by atoms with Gasteiger partial charge in [-0.1, -0.05) is 26.7 Å². The molecule has 0 spiro atoms. The highest BCUT2D eigenvalue weighted by Gasteiger charge is 2.34. The van der Waals surface area contributed by atoms with Gasteiger partial charge in [0.1, 0.15) is 0 Å². The van der Waals surface area contributed by atoms with Crippen molar-refractivity contribution in [2.24, 2.45) is 0 Å². The van der Waals surface area contributed by atoms with Crippen LogP contribution in [0.3, 0.4) is 0 Å². The Bertz CT molecular complexity index is 435. The van der Waals surface area contributed by atoms with E-state index in [1.165, 1.54) is 0 Å². The first-order valence-electron chi connectivity index (χ1n) is 7.35. The second-order valence-corrected chi connectivity index (χ2v) is 5.30. The fourth-order valence-electron chi connectivity index (χ4n) is 2.17. The smallest absolute Gasteiger partial charge is 0.376 e. The summed E-state index contributed by atoms with van der Waals surface area (Å²) in [7, 11) is 0. The molecule has 1 fully saturated rings. The lowest BCUT2D eigenvalue weighted by atomic mass is 10.0. The van der Waals surface area contributed by atoms with Crippen LogP contribution in [-0.4, -0.2) is 17.6 Å². The molecule has 1 saturated carbocycles. The van der Waals surface area contributed by atoms with Crippen LogP contribution in [0.5, 0.6) is 0 Å². The number of ether oxygens (including phenoxy) is 1. The van der Waals surface area contributed by atoms with Crippen LogP contribution in [0.1, 0.15) is 86.9 Å². The van der Waals surface area contributed by atoms with Crippen LogP contribution in [0.4, 0.5) is 0 Å². The van der Waals surface area contributed by atoms with Crippen molar-refractivity contribution in [3.8, 4) is 0 Å². The molecule has 1 heterocycles. The van der Waals surface area contributed by atoms with Gasteiger partial charge < -0.3 is 9.15 Å². The summed E-state index contributed by atoms with van der Waals surface area (Å²) in [5.41, 5.74) is 0.816. The third-order valence-corrected chi connectivity index (χ3v) is 3.51. The van der Waals surface area contributed by atoms with Crippen LogP contribution < -0.4 is 0 Å². The molecule has 0 N–H and O–H groups in total. The lowest BCUT2D eigenvalue weighted by Crippen LogP contribution is -2.05. The second kappa shape index (κ2) is 6.22. The third kappa shape index (κ3) is 3.37. The van der Waals surface area contributed by atoms with E-state index in [1.807, 2.05) is 0 Å². The number of carbonyl (C=O) groups is 1. The van der Waals surface area contributed by atoms with Crippen LogP contribution >= 0.6 is 0 Å². The number of esters is 1. The number of oxazole rings is 1. The van der Waals surface area contributed by atoms with Crippen LogP contribution in [0.15, 0.2) is 4.42 Å². The molecule has 0 aliphatic heterocycles.